The molecule has 10 heteroatoms. The molecule has 9 nitrogen and oxygen atoms in total. The molecule has 1 atom stereocenters. The number of esters is 1. The molecule has 1 unspecified atom stereocenters. The maximum atomic E-state index is 12.6. The number of Topliss-reactive ketones (excluding diaryl/α,β-unsaturated/α-hetero) is 1. The molecule has 1 aromatic carbocycles. The molecule has 1 fully saturated rings. The fraction of sp³-hybridized carbons (Fsp3) is 0.409. The zero-order valence-electron chi connectivity index (χ0n) is 17.7. The lowest BCUT2D eigenvalue weighted by atomic mass is 9.99. The third-order valence-corrected chi connectivity index (χ3v) is 6.92. The average Bonchev–Trinajstić information content (AvgIpc) is 3.47. The predicted molar refractivity (Wildman–Crippen MR) is 115 cm³/mol. The van der Waals surface area contributed by atoms with Gasteiger partial charge in [0.05, 0.1) is 18.2 Å². The zero-order chi connectivity index (χ0) is 22.9. The van der Waals surface area contributed by atoms with E-state index in [2.05, 4.69) is 0 Å². The summed E-state index contributed by atoms with van der Waals surface area (Å²) in [6.45, 7) is 0.368. The van der Waals surface area contributed by atoms with Gasteiger partial charge in [-0.05, 0) is 61.6 Å². The van der Waals surface area contributed by atoms with Crippen molar-refractivity contribution in [2.45, 2.75) is 31.7 Å². The van der Waals surface area contributed by atoms with Crippen LogP contribution in [0.5, 0.6) is 0 Å². The monoisotopic (exact) mass is 460 g/mol. The smallest absolute Gasteiger partial charge is 0.329 e. The molecule has 0 N–H and O–H groups in total. The van der Waals surface area contributed by atoms with Gasteiger partial charge in [-0.1, -0.05) is 0 Å². The Balaban J connectivity index is 1.40. The van der Waals surface area contributed by atoms with Gasteiger partial charge in [0.25, 0.3) is 5.91 Å². The van der Waals surface area contributed by atoms with E-state index in [4.69, 9.17) is 9.15 Å². The van der Waals surface area contributed by atoms with E-state index in [9.17, 15) is 22.8 Å². The minimum Gasteiger partial charge on any atom is -0.459 e. The molecule has 0 radical (unpaired) electrons. The fourth-order valence-electron chi connectivity index (χ4n) is 4.19. The number of hydrogen-bond acceptors (Lipinski definition) is 7. The summed E-state index contributed by atoms with van der Waals surface area (Å²) in [5, 5.41) is 0. The van der Waals surface area contributed by atoms with Crippen LogP contribution in [0.1, 0.15) is 45.7 Å². The number of carbonyl (C=O) groups excluding carboxylic acids is 3. The standard InChI is InChI=1S/C22H24N2O7S/c1-32(28,29)24-11-2-5-15-13-16(8-9-17(15)24)19(25)14-31-22(27)18-6-3-10-23(18)21(26)20-7-4-12-30-20/h4,7-9,12-13,18H,2-3,5-6,10-11,14H2,1H3. The van der Waals surface area contributed by atoms with E-state index < -0.39 is 28.6 Å². The maximum Gasteiger partial charge on any atom is 0.329 e. The van der Waals surface area contributed by atoms with Crippen molar-refractivity contribution in [3.05, 3.63) is 53.5 Å². The summed E-state index contributed by atoms with van der Waals surface area (Å²) in [6, 6.07) is 7.20. The number of carbonyl (C=O) groups is 3. The highest BCUT2D eigenvalue weighted by molar-refractivity contribution is 7.92. The molecular weight excluding hydrogens is 436 g/mol. The van der Waals surface area contributed by atoms with Crippen LogP contribution in [0.3, 0.4) is 0 Å². The SMILES string of the molecule is CS(=O)(=O)N1CCCc2cc(C(=O)COC(=O)C3CCCN3C(=O)c3ccco3)ccc21. The number of hydrogen-bond donors (Lipinski definition) is 0. The second-order valence-corrected chi connectivity index (χ2v) is 9.85. The summed E-state index contributed by atoms with van der Waals surface area (Å²) in [7, 11) is -3.39. The quantitative estimate of drug-likeness (QED) is 0.479. The van der Waals surface area contributed by atoms with Crippen LogP contribution in [0.25, 0.3) is 0 Å². The Morgan fingerprint density at radius 1 is 1.16 bits per heavy atom. The van der Waals surface area contributed by atoms with E-state index in [0.717, 1.165) is 11.8 Å². The van der Waals surface area contributed by atoms with Crippen molar-refractivity contribution in [2.75, 3.05) is 30.3 Å². The lowest BCUT2D eigenvalue weighted by Crippen LogP contribution is -2.41. The lowest BCUT2D eigenvalue weighted by Gasteiger charge is -2.29. The first-order valence-electron chi connectivity index (χ1n) is 10.4. The number of benzene rings is 1. The number of aryl methyl sites for hydroxylation is 1. The molecule has 0 bridgehead atoms. The molecule has 1 amide bonds. The summed E-state index contributed by atoms with van der Waals surface area (Å²) in [5.41, 5.74) is 1.69. The van der Waals surface area contributed by atoms with E-state index in [-0.39, 0.29) is 17.5 Å². The maximum absolute atomic E-state index is 12.6. The van der Waals surface area contributed by atoms with Gasteiger partial charge in [0.2, 0.25) is 10.0 Å². The molecule has 1 aromatic heterocycles. The van der Waals surface area contributed by atoms with Crippen molar-refractivity contribution in [1.82, 2.24) is 4.90 Å². The normalized spacial score (nSPS) is 18.3. The van der Waals surface area contributed by atoms with Crippen LogP contribution in [0.2, 0.25) is 0 Å². The highest BCUT2D eigenvalue weighted by Gasteiger charge is 2.37. The summed E-state index contributed by atoms with van der Waals surface area (Å²) >= 11 is 0. The van der Waals surface area contributed by atoms with E-state index in [0.29, 0.717) is 50.0 Å². The summed E-state index contributed by atoms with van der Waals surface area (Å²) in [6.07, 6.45) is 4.98. The van der Waals surface area contributed by atoms with Crippen LogP contribution >= 0.6 is 0 Å². The van der Waals surface area contributed by atoms with E-state index in [1.54, 1.807) is 24.3 Å². The molecule has 1 saturated heterocycles. The first-order chi connectivity index (χ1) is 15.3. The fourth-order valence-corrected chi connectivity index (χ4v) is 5.19. The number of likely N-dealkylation sites (tertiary alicyclic amines) is 1. The topological polar surface area (TPSA) is 114 Å². The number of ketones is 1. The molecule has 4 rings (SSSR count). The van der Waals surface area contributed by atoms with Crippen LogP contribution in [-0.2, 0) is 26.0 Å². The van der Waals surface area contributed by atoms with E-state index in [1.807, 2.05) is 0 Å². The Kier molecular flexibility index (Phi) is 6.05. The Labute approximate surface area is 186 Å². The molecule has 0 aliphatic carbocycles. The van der Waals surface area contributed by atoms with Crippen LogP contribution in [0, 0.1) is 0 Å². The average molecular weight is 461 g/mol. The lowest BCUT2D eigenvalue weighted by molar-refractivity contribution is -0.147. The molecule has 2 aliphatic heterocycles. The second kappa shape index (κ2) is 8.78. The van der Waals surface area contributed by atoms with Crippen LogP contribution in [-0.4, -0.2) is 63.0 Å². The summed E-state index contributed by atoms with van der Waals surface area (Å²) in [4.78, 5) is 39.1. The molecule has 2 aromatic rings. The van der Waals surface area contributed by atoms with Gasteiger partial charge in [0.1, 0.15) is 6.04 Å². The van der Waals surface area contributed by atoms with E-state index >= 15 is 0 Å². The molecular formula is C22H24N2O7S. The summed E-state index contributed by atoms with van der Waals surface area (Å²) in [5.74, 6) is -1.25. The number of nitrogens with zero attached hydrogens (tertiary/aromatic N) is 2. The first-order valence-corrected chi connectivity index (χ1v) is 12.3. The molecule has 32 heavy (non-hydrogen) atoms. The minimum absolute atomic E-state index is 0.151. The van der Waals surface area contributed by atoms with Gasteiger partial charge in [-0.3, -0.25) is 13.9 Å². The number of fused-ring (bicyclic) bond motifs is 1. The van der Waals surface area contributed by atoms with Crippen LogP contribution in [0.4, 0.5) is 5.69 Å². The highest BCUT2D eigenvalue weighted by Crippen LogP contribution is 2.30. The predicted octanol–water partition coefficient (Wildman–Crippen LogP) is 2.02. The number of ether oxygens (including phenoxy) is 1. The number of furan rings is 1. The second-order valence-electron chi connectivity index (χ2n) is 7.95. The molecule has 0 saturated carbocycles. The van der Waals surface area contributed by atoms with E-state index in [1.165, 1.54) is 21.5 Å². The molecule has 0 spiro atoms. The third kappa shape index (κ3) is 4.40. The molecule has 170 valence electrons. The zero-order valence-corrected chi connectivity index (χ0v) is 18.5. The van der Waals surface area contributed by atoms with Gasteiger partial charge in [0, 0.05) is 18.7 Å². The van der Waals surface area contributed by atoms with Gasteiger partial charge in [0.15, 0.2) is 18.2 Å². The molecule has 2 aliphatic rings. The Morgan fingerprint density at radius 3 is 2.69 bits per heavy atom. The van der Waals surface area contributed by atoms with Gasteiger partial charge >= 0.3 is 5.97 Å². The number of sulfonamides is 1. The summed E-state index contributed by atoms with van der Waals surface area (Å²) < 4.78 is 35.7. The molecule has 3 heterocycles. The number of amides is 1. The van der Waals surface area contributed by atoms with Gasteiger partial charge in [-0.25, -0.2) is 13.2 Å². The van der Waals surface area contributed by atoms with Crippen LogP contribution in [0.15, 0.2) is 41.0 Å². The first kappa shape index (κ1) is 22.1. The van der Waals surface area contributed by atoms with Crippen molar-refractivity contribution >= 4 is 33.4 Å². The van der Waals surface area contributed by atoms with Crippen molar-refractivity contribution in [2.24, 2.45) is 0 Å². The third-order valence-electron chi connectivity index (χ3n) is 5.74. The van der Waals surface area contributed by atoms with Crippen molar-refractivity contribution in [3.8, 4) is 0 Å². The van der Waals surface area contributed by atoms with Gasteiger partial charge in [-0.15, -0.1) is 0 Å². The Morgan fingerprint density at radius 2 is 1.97 bits per heavy atom. The van der Waals surface area contributed by atoms with Crippen LogP contribution < -0.4 is 4.31 Å². The van der Waals surface area contributed by atoms with Crippen molar-refractivity contribution < 1.29 is 32.0 Å². The Hall–Kier alpha value is -3.14. The minimum atomic E-state index is -3.39. The van der Waals surface area contributed by atoms with Crippen molar-refractivity contribution in [3.63, 3.8) is 0 Å². The largest absolute Gasteiger partial charge is 0.459 e. The number of rotatable bonds is 6. The van der Waals surface area contributed by atoms with Gasteiger partial charge < -0.3 is 14.1 Å². The highest BCUT2D eigenvalue weighted by atomic mass is 32.2. The number of anilines is 1. The Bertz CT molecular complexity index is 1140. The van der Waals surface area contributed by atoms with Gasteiger partial charge in [-0.2, -0.15) is 0 Å². The van der Waals surface area contributed by atoms with Crippen molar-refractivity contribution in [1.29, 1.82) is 0 Å².